The van der Waals surface area contributed by atoms with E-state index in [0.717, 1.165) is 18.3 Å². The zero-order valence-corrected chi connectivity index (χ0v) is 7.39. The summed E-state index contributed by atoms with van der Waals surface area (Å²) in [5, 5.41) is 8.39. The van der Waals surface area contributed by atoms with Crippen molar-refractivity contribution in [3.63, 3.8) is 0 Å². The molecule has 0 bridgehead atoms. The fraction of sp³-hybridized carbons (Fsp3) is 0.143. The second kappa shape index (κ2) is 4.28. The molecular formula is C7H5ClF3NO2. The number of carbonyl (C=O) groups is 1. The number of rotatable bonds is 1. The number of hydrogen-bond acceptors (Lipinski definition) is 2. The zero-order valence-electron chi connectivity index (χ0n) is 6.58. The molecule has 0 amide bonds. The molecule has 0 saturated heterocycles. The number of halogens is 4. The lowest BCUT2D eigenvalue weighted by Crippen LogP contribution is -2.14. The minimum absolute atomic E-state index is 0. The monoisotopic (exact) mass is 227 g/mol. The van der Waals surface area contributed by atoms with E-state index in [9.17, 15) is 18.0 Å². The fourth-order valence-corrected chi connectivity index (χ4v) is 0.804. The molecule has 0 atom stereocenters. The van der Waals surface area contributed by atoms with Crippen LogP contribution in [0.3, 0.4) is 0 Å². The van der Waals surface area contributed by atoms with Gasteiger partial charge >= 0.3 is 12.1 Å². The number of pyridine rings is 1. The molecule has 0 unspecified atom stereocenters. The molecule has 0 aromatic carbocycles. The Morgan fingerprint density at radius 2 is 2.00 bits per heavy atom. The Balaban J connectivity index is 0.00000169. The van der Waals surface area contributed by atoms with Crippen molar-refractivity contribution in [2.75, 3.05) is 0 Å². The molecule has 14 heavy (non-hydrogen) atoms. The average molecular weight is 228 g/mol. The maximum absolute atomic E-state index is 12.1. The molecular weight excluding hydrogens is 223 g/mol. The number of hydrogen-bond donors (Lipinski definition) is 1. The van der Waals surface area contributed by atoms with Crippen LogP contribution in [0.5, 0.6) is 0 Å². The molecule has 0 saturated carbocycles. The summed E-state index contributed by atoms with van der Waals surface area (Å²) >= 11 is 0. The van der Waals surface area contributed by atoms with Gasteiger partial charge in [-0.15, -0.1) is 12.4 Å². The van der Waals surface area contributed by atoms with Crippen molar-refractivity contribution in [1.82, 2.24) is 4.98 Å². The fourth-order valence-electron chi connectivity index (χ4n) is 0.804. The minimum Gasteiger partial charge on any atom is -0.478 e. The third-order valence-electron chi connectivity index (χ3n) is 1.31. The Kier molecular flexibility index (Phi) is 3.88. The normalized spacial score (nSPS) is 10.5. The summed E-state index contributed by atoms with van der Waals surface area (Å²) in [6.07, 6.45) is -3.83. The predicted octanol–water partition coefficient (Wildman–Crippen LogP) is 2.22. The number of alkyl halides is 3. The van der Waals surface area contributed by atoms with E-state index in [0.29, 0.717) is 0 Å². The highest BCUT2D eigenvalue weighted by molar-refractivity contribution is 5.88. The van der Waals surface area contributed by atoms with Gasteiger partial charge in [-0.2, -0.15) is 13.2 Å². The Morgan fingerprint density at radius 1 is 1.43 bits per heavy atom. The van der Waals surface area contributed by atoms with E-state index in [1.165, 1.54) is 0 Å². The summed E-state index contributed by atoms with van der Waals surface area (Å²) in [6, 6.07) is 2.00. The van der Waals surface area contributed by atoms with E-state index in [2.05, 4.69) is 4.98 Å². The van der Waals surface area contributed by atoms with Gasteiger partial charge in [-0.1, -0.05) is 0 Å². The van der Waals surface area contributed by atoms with Gasteiger partial charge in [0.05, 0.1) is 5.56 Å². The first-order valence-corrected chi connectivity index (χ1v) is 3.18. The number of carboxylic acids is 1. The lowest BCUT2D eigenvalue weighted by molar-refractivity contribution is -0.141. The molecule has 0 spiro atoms. The van der Waals surface area contributed by atoms with Crippen molar-refractivity contribution >= 4 is 18.4 Å². The SMILES string of the molecule is Cl.O=C(O)c1cccnc1C(F)(F)F. The molecule has 1 N–H and O–H groups in total. The molecule has 1 aromatic rings. The molecule has 1 aromatic heterocycles. The van der Waals surface area contributed by atoms with Crippen LogP contribution in [0.1, 0.15) is 16.1 Å². The largest absolute Gasteiger partial charge is 0.478 e. The van der Waals surface area contributed by atoms with Crippen LogP contribution >= 0.6 is 12.4 Å². The van der Waals surface area contributed by atoms with Crippen molar-refractivity contribution in [3.8, 4) is 0 Å². The lowest BCUT2D eigenvalue weighted by atomic mass is 10.2. The van der Waals surface area contributed by atoms with Crippen LogP contribution in [0.4, 0.5) is 13.2 Å². The van der Waals surface area contributed by atoms with E-state index in [1.54, 1.807) is 0 Å². The molecule has 78 valence electrons. The van der Waals surface area contributed by atoms with Crippen LogP contribution in [0.2, 0.25) is 0 Å². The number of carboxylic acid groups (broad SMARTS) is 1. The van der Waals surface area contributed by atoms with Gasteiger partial charge in [0.2, 0.25) is 0 Å². The van der Waals surface area contributed by atoms with Gasteiger partial charge in [0, 0.05) is 6.20 Å². The maximum atomic E-state index is 12.1. The number of aromatic carboxylic acids is 1. The smallest absolute Gasteiger partial charge is 0.434 e. The summed E-state index contributed by atoms with van der Waals surface area (Å²) in [5.74, 6) is -1.64. The molecule has 3 nitrogen and oxygen atoms in total. The summed E-state index contributed by atoms with van der Waals surface area (Å²) in [6.45, 7) is 0. The van der Waals surface area contributed by atoms with Crippen molar-refractivity contribution in [3.05, 3.63) is 29.6 Å². The molecule has 0 aliphatic rings. The van der Waals surface area contributed by atoms with E-state index in [1.807, 2.05) is 0 Å². The van der Waals surface area contributed by atoms with Crippen molar-refractivity contribution in [1.29, 1.82) is 0 Å². The average Bonchev–Trinajstić information content (AvgIpc) is 2.03. The molecule has 0 aliphatic carbocycles. The van der Waals surface area contributed by atoms with Crippen molar-refractivity contribution in [2.24, 2.45) is 0 Å². The number of nitrogens with zero attached hydrogens (tertiary/aromatic N) is 1. The summed E-state index contributed by atoms with van der Waals surface area (Å²) < 4.78 is 36.2. The Labute approximate surface area is 83.0 Å². The first kappa shape index (κ1) is 12.7. The Bertz CT molecular complexity index is 340. The topological polar surface area (TPSA) is 50.2 Å². The molecule has 0 fully saturated rings. The Morgan fingerprint density at radius 3 is 2.36 bits per heavy atom. The standard InChI is InChI=1S/C7H4F3NO2.ClH/c8-7(9,10)5-4(6(12)13)2-1-3-11-5;/h1-3H,(H,12,13);1H. The van der Waals surface area contributed by atoms with Crippen LogP contribution in [-0.4, -0.2) is 16.1 Å². The van der Waals surface area contributed by atoms with E-state index >= 15 is 0 Å². The van der Waals surface area contributed by atoms with Crippen LogP contribution in [0, 0.1) is 0 Å². The molecule has 7 heteroatoms. The van der Waals surface area contributed by atoms with Gasteiger partial charge in [0.1, 0.15) is 0 Å². The third-order valence-corrected chi connectivity index (χ3v) is 1.31. The van der Waals surface area contributed by atoms with Gasteiger partial charge in [0.25, 0.3) is 0 Å². The zero-order chi connectivity index (χ0) is 10.1. The Hall–Kier alpha value is -1.30. The highest BCUT2D eigenvalue weighted by Gasteiger charge is 2.36. The van der Waals surface area contributed by atoms with Crippen LogP contribution in [0.15, 0.2) is 18.3 Å². The first-order valence-electron chi connectivity index (χ1n) is 3.18. The number of aromatic nitrogens is 1. The van der Waals surface area contributed by atoms with E-state index in [-0.39, 0.29) is 12.4 Å². The quantitative estimate of drug-likeness (QED) is 0.800. The van der Waals surface area contributed by atoms with Crippen molar-refractivity contribution in [2.45, 2.75) is 6.18 Å². The van der Waals surface area contributed by atoms with Crippen LogP contribution in [0.25, 0.3) is 0 Å². The van der Waals surface area contributed by atoms with Gasteiger partial charge in [-0.25, -0.2) is 4.79 Å². The lowest BCUT2D eigenvalue weighted by Gasteiger charge is -2.07. The highest BCUT2D eigenvalue weighted by atomic mass is 35.5. The molecule has 1 heterocycles. The minimum atomic E-state index is -4.73. The molecule has 0 radical (unpaired) electrons. The first-order chi connectivity index (χ1) is 5.93. The second-order valence-electron chi connectivity index (χ2n) is 2.20. The summed E-state index contributed by atoms with van der Waals surface area (Å²) in [7, 11) is 0. The van der Waals surface area contributed by atoms with Crippen molar-refractivity contribution < 1.29 is 23.1 Å². The van der Waals surface area contributed by atoms with Gasteiger partial charge in [-0.05, 0) is 12.1 Å². The second-order valence-corrected chi connectivity index (χ2v) is 2.20. The third kappa shape index (κ3) is 2.59. The van der Waals surface area contributed by atoms with Crippen LogP contribution in [-0.2, 0) is 6.18 Å². The molecule has 0 aliphatic heterocycles. The highest BCUT2D eigenvalue weighted by Crippen LogP contribution is 2.29. The van der Waals surface area contributed by atoms with Gasteiger partial charge in [-0.3, -0.25) is 4.98 Å². The summed E-state index contributed by atoms with van der Waals surface area (Å²) in [4.78, 5) is 13.3. The summed E-state index contributed by atoms with van der Waals surface area (Å²) in [5.41, 5.74) is -2.21. The molecule has 1 rings (SSSR count). The van der Waals surface area contributed by atoms with E-state index in [4.69, 9.17) is 5.11 Å². The van der Waals surface area contributed by atoms with Crippen LogP contribution < -0.4 is 0 Å². The predicted molar refractivity (Wildman–Crippen MR) is 43.4 cm³/mol. The van der Waals surface area contributed by atoms with E-state index < -0.39 is 23.4 Å². The maximum Gasteiger partial charge on any atom is 0.434 e. The van der Waals surface area contributed by atoms with Gasteiger partial charge in [0.15, 0.2) is 5.69 Å². The van der Waals surface area contributed by atoms with Gasteiger partial charge < -0.3 is 5.11 Å².